The third-order valence-electron chi connectivity index (χ3n) is 3.47. The Balaban J connectivity index is 2.57. The highest BCUT2D eigenvalue weighted by atomic mass is 16.7. The summed E-state index contributed by atoms with van der Waals surface area (Å²) in [6.07, 6.45) is -13.5. The number of Topliss-reactive ketones (excluding diaryl/α,β-unsaturated/α-hetero) is 1. The molecule has 0 spiro atoms. The van der Waals surface area contributed by atoms with Gasteiger partial charge in [0.15, 0.2) is 12.1 Å². The predicted molar refractivity (Wildman–Crippen MR) is 69.8 cm³/mol. The summed E-state index contributed by atoms with van der Waals surface area (Å²) in [5, 5.41) is 74.4. The van der Waals surface area contributed by atoms with Crippen LogP contribution in [0.3, 0.4) is 0 Å². The van der Waals surface area contributed by atoms with Crippen LogP contribution in [-0.4, -0.2) is 115 Å². The highest BCUT2D eigenvalue weighted by Crippen LogP contribution is 2.22. The maximum atomic E-state index is 11.6. The van der Waals surface area contributed by atoms with E-state index in [0.717, 1.165) is 0 Å². The predicted octanol–water partition coefficient (Wildman–Crippen LogP) is -5.55. The van der Waals surface area contributed by atoms with Crippen LogP contribution in [0.15, 0.2) is 0 Å². The summed E-state index contributed by atoms with van der Waals surface area (Å²) >= 11 is 0. The Bertz CT molecular complexity index is 376. The molecule has 1 aliphatic heterocycles. The van der Waals surface area contributed by atoms with Crippen LogP contribution in [0.5, 0.6) is 0 Å². The Kier molecular flexibility index (Phi) is 7.89. The molecule has 1 heterocycles. The van der Waals surface area contributed by atoms with Gasteiger partial charge in [0.05, 0.1) is 13.2 Å². The van der Waals surface area contributed by atoms with Gasteiger partial charge >= 0.3 is 0 Å². The van der Waals surface area contributed by atoms with E-state index in [1.165, 1.54) is 0 Å². The van der Waals surface area contributed by atoms with Gasteiger partial charge in [0, 0.05) is 0 Å². The Hall–Kier alpha value is -0.730. The van der Waals surface area contributed by atoms with Gasteiger partial charge in [0.2, 0.25) is 0 Å². The highest BCUT2D eigenvalue weighted by molar-refractivity contribution is 5.84. The van der Waals surface area contributed by atoms with Crippen molar-refractivity contribution < 1.29 is 55.1 Å². The molecule has 0 saturated carbocycles. The molecule has 1 saturated heterocycles. The Morgan fingerprint density at radius 3 is 2.17 bits per heavy atom. The lowest BCUT2D eigenvalue weighted by molar-refractivity contribution is -0.299. The minimum atomic E-state index is -2.05. The number of aliphatic hydroxyl groups excluding tert-OH is 8. The van der Waals surface area contributed by atoms with Gasteiger partial charge in [-0.1, -0.05) is 0 Å². The molecular weight excluding hydrogens is 320 g/mol. The molecule has 0 aromatic rings. The van der Waals surface area contributed by atoms with Crippen molar-refractivity contribution >= 4 is 5.78 Å². The minimum Gasteiger partial charge on any atom is -0.394 e. The van der Waals surface area contributed by atoms with Crippen molar-refractivity contribution in [2.45, 2.75) is 49.0 Å². The lowest BCUT2D eigenvalue weighted by Gasteiger charge is -2.39. The number of aliphatic hydroxyl groups is 8. The molecule has 0 aromatic heterocycles. The maximum absolute atomic E-state index is 11.6. The molecule has 8 N–H and O–H groups in total. The normalized spacial score (nSPS) is 35.6. The highest BCUT2D eigenvalue weighted by Gasteiger charge is 2.44. The fourth-order valence-corrected chi connectivity index (χ4v) is 1.96. The van der Waals surface area contributed by atoms with Gasteiger partial charge in [0.25, 0.3) is 0 Å². The van der Waals surface area contributed by atoms with Gasteiger partial charge in [-0.25, -0.2) is 0 Å². The zero-order valence-corrected chi connectivity index (χ0v) is 12.0. The summed E-state index contributed by atoms with van der Waals surface area (Å²) < 4.78 is 9.85. The van der Waals surface area contributed by atoms with Gasteiger partial charge < -0.3 is 50.3 Å². The van der Waals surface area contributed by atoms with Crippen molar-refractivity contribution in [1.29, 1.82) is 0 Å². The zero-order chi connectivity index (χ0) is 17.7. The van der Waals surface area contributed by atoms with E-state index in [4.69, 9.17) is 24.8 Å². The Morgan fingerprint density at radius 2 is 1.65 bits per heavy atom. The van der Waals surface area contributed by atoms with Crippen molar-refractivity contribution in [3.05, 3.63) is 0 Å². The lowest BCUT2D eigenvalue weighted by Crippen LogP contribution is -2.59. The summed E-state index contributed by atoms with van der Waals surface area (Å²) in [5.74, 6) is -1.08. The number of carbonyl (C=O) groups excluding carboxylic acids is 1. The van der Waals surface area contributed by atoms with E-state index in [1.807, 2.05) is 0 Å². The monoisotopic (exact) mass is 342 g/mol. The van der Waals surface area contributed by atoms with Gasteiger partial charge in [-0.2, -0.15) is 0 Å². The summed E-state index contributed by atoms with van der Waals surface area (Å²) in [4.78, 5) is 11.6. The van der Waals surface area contributed by atoms with E-state index in [0.29, 0.717) is 0 Å². The summed E-state index contributed by atoms with van der Waals surface area (Å²) in [7, 11) is 0. The molecule has 0 amide bonds. The quantitative estimate of drug-likeness (QED) is 0.209. The molecule has 0 aromatic carbocycles. The summed E-state index contributed by atoms with van der Waals surface area (Å²) in [6.45, 7) is -2.42. The maximum Gasteiger partial charge on any atom is 0.189 e. The molecule has 23 heavy (non-hydrogen) atoms. The molecule has 0 radical (unpaired) electrons. The van der Waals surface area contributed by atoms with Crippen molar-refractivity contribution in [3.8, 4) is 0 Å². The Morgan fingerprint density at radius 1 is 1.04 bits per heavy atom. The fraction of sp³-hybridized carbons (Fsp3) is 0.917. The smallest absolute Gasteiger partial charge is 0.189 e. The molecule has 11 heteroatoms. The van der Waals surface area contributed by atoms with E-state index >= 15 is 0 Å². The van der Waals surface area contributed by atoms with Gasteiger partial charge in [-0.3, -0.25) is 4.79 Å². The first-order chi connectivity index (χ1) is 10.7. The second-order valence-corrected chi connectivity index (χ2v) is 5.16. The second-order valence-electron chi connectivity index (χ2n) is 5.16. The SMILES string of the molecule is O=C(CO[C@@H]1O[C@H](CO)[C@@H](O)[C@H](O)[C@H]1O)[C@@H](O)[C@H](O)[C@H](O)CO. The molecule has 0 aliphatic carbocycles. The molecule has 0 bridgehead atoms. The molecule has 1 fully saturated rings. The van der Waals surface area contributed by atoms with Crippen LogP contribution < -0.4 is 0 Å². The number of ketones is 1. The van der Waals surface area contributed by atoms with E-state index in [2.05, 4.69) is 0 Å². The van der Waals surface area contributed by atoms with Crippen LogP contribution in [0, 0.1) is 0 Å². The average Bonchev–Trinajstić information content (AvgIpc) is 2.56. The van der Waals surface area contributed by atoms with Crippen LogP contribution in [0.25, 0.3) is 0 Å². The summed E-state index contributed by atoms with van der Waals surface area (Å²) in [6, 6.07) is 0. The lowest BCUT2D eigenvalue weighted by atomic mass is 9.99. The van der Waals surface area contributed by atoms with Crippen molar-refractivity contribution in [2.24, 2.45) is 0 Å². The average molecular weight is 342 g/mol. The van der Waals surface area contributed by atoms with Gasteiger partial charge in [0.1, 0.15) is 49.3 Å². The van der Waals surface area contributed by atoms with E-state index in [1.54, 1.807) is 0 Å². The first-order valence-electron chi connectivity index (χ1n) is 6.84. The number of hydrogen-bond acceptors (Lipinski definition) is 11. The first-order valence-corrected chi connectivity index (χ1v) is 6.84. The molecule has 11 nitrogen and oxygen atoms in total. The van der Waals surface area contributed by atoms with Crippen LogP contribution in [0.2, 0.25) is 0 Å². The van der Waals surface area contributed by atoms with E-state index in [-0.39, 0.29) is 0 Å². The molecule has 136 valence electrons. The van der Waals surface area contributed by atoms with Crippen molar-refractivity contribution in [1.82, 2.24) is 0 Å². The third-order valence-corrected chi connectivity index (χ3v) is 3.47. The standard InChI is InChI=1S/C12H22O11/c13-1-4(15)7(17)8(18)5(16)3-22-12-11(21)10(20)9(19)6(2-14)23-12/h4,6-15,17-21H,1-3H2/t4-,6-,7-,8-,9-,10+,11-,12-/m1/s1. The Labute approximate surface area is 130 Å². The largest absolute Gasteiger partial charge is 0.394 e. The number of hydrogen-bond donors (Lipinski definition) is 8. The van der Waals surface area contributed by atoms with E-state index in [9.17, 15) is 30.3 Å². The molecular formula is C12H22O11. The topological polar surface area (TPSA) is 197 Å². The molecule has 1 rings (SSSR count). The molecule has 8 atom stereocenters. The van der Waals surface area contributed by atoms with Crippen molar-refractivity contribution in [2.75, 3.05) is 19.8 Å². The van der Waals surface area contributed by atoms with Crippen LogP contribution in [0.1, 0.15) is 0 Å². The van der Waals surface area contributed by atoms with E-state index < -0.39 is 74.6 Å². The fourth-order valence-electron chi connectivity index (χ4n) is 1.96. The second kappa shape index (κ2) is 8.94. The third kappa shape index (κ3) is 4.87. The number of rotatable bonds is 8. The van der Waals surface area contributed by atoms with Gasteiger partial charge in [-0.05, 0) is 0 Å². The molecule has 1 aliphatic rings. The van der Waals surface area contributed by atoms with Crippen LogP contribution in [-0.2, 0) is 14.3 Å². The van der Waals surface area contributed by atoms with Crippen molar-refractivity contribution in [3.63, 3.8) is 0 Å². The summed E-state index contributed by atoms with van der Waals surface area (Å²) in [5.41, 5.74) is 0. The minimum absolute atomic E-state index is 0.678. The van der Waals surface area contributed by atoms with Gasteiger partial charge in [-0.15, -0.1) is 0 Å². The first kappa shape index (κ1) is 20.3. The molecule has 0 unspecified atom stereocenters. The number of carbonyl (C=O) groups is 1. The van der Waals surface area contributed by atoms with Crippen LogP contribution >= 0.6 is 0 Å². The number of ether oxygens (including phenoxy) is 2. The van der Waals surface area contributed by atoms with Crippen LogP contribution in [0.4, 0.5) is 0 Å². The zero-order valence-electron chi connectivity index (χ0n) is 12.0.